The number of rotatable bonds is 3. The highest BCUT2D eigenvalue weighted by molar-refractivity contribution is 8.04. The Morgan fingerprint density at radius 2 is 1.92 bits per heavy atom. The second kappa shape index (κ2) is 3.96. The molecule has 0 aromatic carbocycles. The number of ether oxygens (including phenoxy) is 1. The van der Waals surface area contributed by atoms with Crippen molar-refractivity contribution in [3.05, 3.63) is 10.5 Å². The maximum absolute atomic E-state index is 11.2. The highest BCUT2D eigenvalue weighted by atomic mass is 32.2. The van der Waals surface area contributed by atoms with Crippen molar-refractivity contribution in [2.45, 2.75) is 32.4 Å². The van der Waals surface area contributed by atoms with Crippen LogP contribution in [0.15, 0.2) is 10.5 Å². The molecule has 1 heterocycles. The van der Waals surface area contributed by atoms with Crippen molar-refractivity contribution >= 4 is 23.7 Å². The topological polar surface area (TPSA) is 43.4 Å². The first-order valence-electron chi connectivity index (χ1n) is 4.22. The summed E-state index contributed by atoms with van der Waals surface area (Å²) in [5, 5.41) is 0.287. The molecule has 72 valence electrons. The van der Waals surface area contributed by atoms with E-state index in [4.69, 9.17) is 0 Å². The molecule has 0 spiro atoms. The quantitative estimate of drug-likeness (QED) is 0.515. The Morgan fingerprint density at radius 3 is 2.38 bits per heavy atom. The van der Waals surface area contributed by atoms with Gasteiger partial charge in [0.1, 0.15) is 4.91 Å². The summed E-state index contributed by atoms with van der Waals surface area (Å²) >= 11 is 1.39. The largest absolute Gasteiger partial charge is 0.386 e. The van der Waals surface area contributed by atoms with Gasteiger partial charge in [-0.2, -0.15) is 0 Å². The van der Waals surface area contributed by atoms with Gasteiger partial charge in [-0.15, -0.1) is 11.8 Å². The number of hydrogen-bond donors (Lipinski definition) is 0. The van der Waals surface area contributed by atoms with Gasteiger partial charge in [0, 0.05) is 5.25 Å². The first kappa shape index (κ1) is 10.3. The molecule has 0 N–H and O–H groups in total. The van der Waals surface area contributed by atoms with Crippen molar-refractivity contribution in [2.24, 2.45) is 0 Å². The molecule has 0 saturated heterocycles. The lowest BCUT2D eigenvalue weighted by molar-refractivity contribution is -0.150. The molecule has 0 radical (unpaired) electrons. The van der Waals surface area contributed by atoms with Crippen LogP contribution in [0.25, 0.3) is 0 Å². The van der Waals surface area contributed by atoms with Crippen LogP contribution in [-0.4, -0.2) is 17.2 Å². The summed E-state index contributed by atoms with van der Waals surface area (Å²) in [6.07, 6.45) is 0.555. The zero-order valence-corrected chi connectivity index (χ0v) is 8.73. The van der Waals surface area contributed by atoms with E-state index in [0.29, 0.717) is 16.9 Å². The summed E-state index contributed by atoms with van der Waals surface area (Å²) in [7, 11) is 0. The van der Waals surface area contributed by atoms with E-state index in [0.717, 1.165) is 0 Å². The van der Waals surface area contributed by atoms with Crippen LogP contribution in [0.4, 0.5) is 0 Å². The number of esters is 2. The van der Waals surface area contributed by atoms with Crippen molar-refractivity contribution in [1.82, 2.24) is 0 Å². The molecule has 0 atom stereocenters. The first-order chi connectivity index (χ1) is 6.06. The molecule has 13 heavy (non-hydrogen) atoms. The fourth-order valence-electron chi connectivity index (χ4n) is 1.07. The minimum absolute atomic E-state index is 0.287. The van der Waals surface area contributed by atoms with Gasteiger partial charge >= 0.3 is 11.9 Å². The van der Waals surface area contributed by atoms with Gasteiger partial charge in [-0.1, -0.05) is 20.8 Å². The van der Waals surface area contributed by atoms with Crippen LogP contribution < -0.4 is 0 Å². The minimum Gasteiger partial charge on any atom is -0.386 e. The Morgan fingerprint density at radius 1 is 1.31 bits per heavy atom. The molecule has 0 saturated carbocycles. The predicted octanol–water partition coefficient (Wildman–Crippen LogP) is 1.88. The average Bonchev–Trinajstić information content (AvgIpc) is 2.26. The molecular formula is C9H12O3S. The molecule has 4 heteroatoms. The second-order valence-corrected chi connectivity index (χ2v) is 4.59. The monoisotopic (exact) mass is 200 g/mol. The van der Waals surface area contributed by atoms with Gasteiger partial charge in [0.2, 0.25) is 0 Å². The molecule has 1 aliphatic heterocycles. The predicted molar refractivity (Wildman–Crippen MR) is 51.1 cm³/mol. The summed E-state index contributed by atoms with van der Waals surface area (Å²) in [5.74, 6) is -0.962. The second-order valence-electron chi connectivity index (χ2n) is 3.00. The van der Waals surface area contributed by atoms with Crippen LogP contribution in [0, 0.1) is 0 Å². The Labute approximate surface area is 81.5 Å². The molecule has 0 unspecified atom stereocenters. The van der Waals surface area contributed by atoms with E-state index in [2.05, 4.69) is 4.74 Å². The smallest absolute Gasteiger partial charge is 0.353 e. The normalized spacial score (nSPS) is 17.2. The minimum atomic E-state index is -0.486. The van der Waals surface area contributed by atoms with E-state index in [1.165, 1.54) is 11.8 Å². The van der Waals surface area contributed by atoms with Gasteiger partial charge in [0.15, 0.2) is 0 Å². The van der Waals surface area contributed by atoms with Crippen molar-refractivity contribution in [3.8, 4) is 0 Å². The maximum atomic E-state index is 11.2. The molecule has 0 aliphatic carbocycles. The van der Waals surface area contributed by atoms with Crippen molar-refractivity contribution in [1.29, 1.82) is 0 Å². The average molecular weight is 200 g/mol. The van der Waals surface area contributed by atoms with Gasteiger partial charge in [0.25, 0.3) is 0 Å². The van der Waals surface area contributed by atoms with Crippen LogP contribution in [-0.2, 0) is 14.3 Å². The summed E-state index contributed by atoms with van der Waals surface area (Å²) in [5.41, 5.74) is 0.517. The Balaban J connectivity index is 2.92. The highest BCUT2D eigenvalue weighted by Gasteiger charge is 2.32. The van der Waals surface area contributed by atoms with E-state index in [1.807, 2.05) is 20.8 Å². The lowest BCUT2D eigenvalue weighted by Crippen LogP contribution is -2.02. The fourth-order valence-corrected chi connectivity index (χ4v) is 2.05. The van der Waals surface area contributed by atoms with Gasteiger partial charge in [-0.05, 0) is 6.42 Å². The lowest BCUT2D eigenvalue weighted by Gasteiger charge is -2.02. The Hall–Kier alpha value is -0.770. The SMILES string of the molecule is CCC1=C(SC(C)C)C(=O)OC1=O. The van der Waals surface area contributed by atoms with Crippen LogP contribution >= 0.6 is 11.8 Å². The molecule has 0 amide bonds. The number of hydrogen-bond acceptors (Lipinski definition) is 4. The molecule has 0 bridgehead atoms. The third-order valence-electron chi connectivity index (χ3n) is 1.60. The third-order valence-corrected chi connectivity index (χ3v) is 2.72. The Bertz CT molecular complexity index is 279. The lowest BCUT2D eigenvalue weighted by atomic mass is 10.2. The van der Waals surface area contributed by atoms with Crippen LogP contribution in [0.1, 0.15) is 27.2 Å². The molecular weight excluding hydrogens is 188 g/mol. The van der Waals surface area contributed by atoms with E-state index >= 15 is 0 Å². The van der Waals surface area contributed by atoms with Crippen molar-refractivity contribution in [2.75, 3.05) is 0 Å². The number of thioether (sulfide) groups is 1. The summed E-state index contributed by atoms with van der Waals surface area (Å²) in [4.78, 5) is 22.7. The van der Waals surface area contributed by atoms with Gasteiger partial charge in [-0.3, -0.25) is 0 Å². The molecule has 1 rings (SSSR count). The van der Waals surface area contributed by atoms with Gasteiger partial charge in [-0.25, -0.2) is 9.59 Å². The third kappa shape index (κ3) is 2.12. The van der Waals surface area contributed by atoms with E-state index in [-0.39, 0.29) is 5.25 Å². The Kier molecular flexibility index (Phi) is 3.14. The van der Waals surface area contributed by atoms with Crippen LogP contribution in [0.5, 0.6) is 0 Å². The molecule has 3 nitrogen and oxygen atoms in total. The standard InChI is InChI=1S/C9H12O3S/c1-4-6-7(13-5(2)3)9(11)12-8(6)10/h5H,4H2,1-3H3. The number of carbonyl (C=O) groups excluding carboxylic acids is 2. The highest BCUT2D eigenvalue weighted by Crippen LogP contribution is 2.32. The van der Waals surface area contributed by atoms with E-state index in [9.17, 15) is 9.59 Å². The zero-order chi connectivity index (χ0) is 10.0. The van der Waals surface area contributed by atoms with E-state index in [1.54, 1.807) is 0 Å². The van der Waals surface area contributed by atoms with Crippen molar-refractivity contribution < 1.29 is 14.3 Å². The maximum Gasteiger partial charge on any atom is 0.353 e. The van der Waals surface area contributed by atoms with Crippen LogP contribution in [0.3, 0.4) is 0 Å². The molecule has 0 aromatic heterocycles. The molecule has 0 fully saturated rings. The van der Waals surface area contributed by atoms with Gasteiger partial charge in [0.05, 0.1) is 5.57 Å². The van der Waals surface area contributed by atoms with E-state index < -0.39 is 11.9 Å². The number of cyclic esters (lactones) is 2. The molecule has 0 aromatic rings. The zero-order valence-electron chi connectivity index (χ0n) is 7.92. The summed E-state index contributed by atoms with van der Waals surface area (Å²) < 4.78 is 4.51. The summed E-state index contributed by atoms with van der Waals surface area (Å²) in [6, 6.07) is 0. The van der Waals surface area contributed by atoms with Gasteiger partial charge < -0.3 is 4.74 Å². The van der Waals surface area contributed by atoms with Crippen LogP contribution in [0.2, 0.25) is 0 Å². The summed E-state index contributed by atoms with van der Waals surface area (Å²) in [6.45, 7) is 5.79. The fraction of sp³-hybridized carbons (Fsp3) is 0.556. The van der Waals surface area contributed by atoms with Crippen molar-refractivity contribution in [3.63, 3.8) is 0 Å². The number of carbonyl (C=O) groups is 2. The first-order valence-corrected chi connectivity index (χ1v) is 5.10. The molecule has 1 aliphatic rings.